The number of rotatable bonds is 7. The molecule has 0 saturated carbocycles. The number of carbonyl (C=O) groups is 1. The second-order valence-electron chi connectivity index (χ2n) is 6.65. The number of hydrogen-bond acceptors (Lipinski definition) is 5. The average Bonchev–Trinajstić information content (AvgIpc) is 2.60. The number of aliphatic hydroxyl groups is 2. The molecule has 0 spiro atoms. The lowest BCUT2D eigenvalue weighted by atomic mass is 9.99. The largest absolute Gasteiger partial charge is 0.370 e. The van der Waals surface area contributed by atoms with Crippen LogP contribution in [0.3, 0.4) is 0 Å². The fraction of sp³-hybridized carbons (Fsp3) is 0.400. The number of benzene rings is 1. The van der Waals surface area contributed by atoms with Crippen LogP contribution < -0.4 is 10.2 Å². The van der Waals surface area contributed by atoms with E-state index in [0.29, 0.717) is 12.4 Å². The van der Waals surface area contributed by atoms with Crippen molar-refractivity contribution in [2.24, 2.45) is 5.92 Å². The van der Waals surface area contributed by atoms with Gasteiger partial charge in [0.05, 0.1) is 11.9 Å². The molecular weight excluding hydrogens is 330 g/mol. The van der Waals surface area contributed by atoms with Gasteiger partial charge in [-0.1, -0.05) is 38.1 Å². The zero-order chi connectivity index (χ0) is 19.3. The number of aromatic nitrogens is 1. The van der Waals surface area contributed by atoms with Gasteiger partial charge in [-0.15, -0.1) is 0 Å². The molecule has 2 rings (SSSR count). The quantitative estimate of drug-likeness (QED) is 0.664. The van der Waals surface area contributed by atoms with Gasteiger partial charge in [0, 0.05) is 31.5 Å². The fourth-order valence-corrected chi connectivity index (χ4v) is 2.74. The number of hydrogen-bond donors (Lipinski definition) is 3. The highest BCUT2D eigenvalue weighted by atomic mass is 16.5. The number of aryl methyl sites for hydroxylation is 1. The molecule has 1 aromatic heterocycles. The van der Waals surface area contributed by atoms with Crippen molar-refractivity contribution in [3.05, 3.63) is 42.1 Å². The zero-order valence-corrected chi connectivity index (χ0v) is 15.7. The van der Waals surface area contributed by atoms with Crippen molar-refractivity contribution in [1.82, 2.24) is 4.98 Å². The summed E-state index contributed by atoms with van der Waals surface area (Å²) in [6.45, 7) is 6.16. The molecule has 1 aromatic carbocycles. The highest BCUT2D eigenvalue weighted by Crippen LogP contribution is 2.34. The van der Waals surface area contributed by atoms with E-state index >= 15 is 0 Å². The van der Waals surface area contributed by atoms with Gasteiger partial charge in [0.1, 0.15) is 5.82 Å². The van der Waals surface area contributed by atoms with E-state index in [1.807, 2.05) is 51.1 Å². The molecule has 0 atom stereocenters. The number of anilines is 2. The van der Waals surface area contributed by atoms with E-state index in [0.717, 1.165) is 22.4 Å². The SMILES string of the molecule is Cc1ccccc1-c1cc(NCCC(O)O)ncc1N(C)C(=O)C(C)C. The first-order valence-corrected chi connectivity index (χ1v) is 8.75. The molecule has 140 valence electrons. The predicted octanol–water partition coefficient (Wildman–Crippen LogP) is 2.79. The van der Waals surface area contributed by atoms with E-state index in [-0.39, 0.29) is 18.2 Å². The van der Waals surface area contributed by atoms with Crippen molar-refractivity contribution < 1.29 is 15.0 Å². The van der Waals surface area contributed by atoms with Gasteiger partial charge in [0.2, 0.25) is 5.91 Å². The van der Waals surface area contributed by atoms with E-state index in [1.54, 1.807) is 18.1 Å². The van der Waals surface area contributed by atoms with E-state index in [1.165, 1.54) is 0 Å². The highest BCUT2D eigenvalue weighted by Gasteiger charge is 2.20. The Morgan fingerprint density at radius 3 is 2.54 bits per heavy atom. The molecule has 26 heavy (non-hydrogen) atoms. The molecule has 0 aliphatic rings. The second-order valence-corrected chi connectivity index (χ2v) is 6.65. The van der Waals surface area contributed by atoms with Crippen LogP contribution in [0.2, 0.25) is 0 Å². The van der Waals surface area contributed by atoms with Crippen molar-refractivity contribution in [3.8, 4) is 11.1 Å². The van der Waals surface area contributed by atoms with Crippen LogP contribution in [-0.2, 0) is 4.79 Å². The summed E-state index contributed by atoms with van der Waals surface area (Å²) in [5.74, 6) is 0.525. The average molecular weight is 357 g/mol. The number of pyridine rings is 1. The minimum absolute atomic E-state index is 0.0192. The molecule has 3 N–H and O–H groups in total. The Bertz CT molecular complexity index is 760. The number of nitrogens with one attached hydrogen (secondary N) is 1. The van der Waals surface area contributed by atoms with Crippen molar-refractivity contribution in [1.29, 1.82) is 0 Å². The molecule has 1 heterocycles. The molecule has 0 radical (unpaired) electrons. The third kappa shape index (κ3) is 4.80. The van der Waals surface area contributed by atoms with Gasteiger partial charge in [0.15, 0.2) is 6.29 Å². The Hall–Kier alpha value is -2.44. The maximum atomic E-state index is 12.5. The van der Waals surface area contributed by atoms with E-state index in [4.69, 9.17) is 10.2 Å². The van der Waals surface area contributed by atoms with Gasteiger partial charge in [-0.05, 0) is 24.1 Å². The summed E-state index contributed by atoms with van der Waals surface area (Å²) in [7, 11) is 1.76. The fourth-order valence-electron chi connectivity index (χ4n) is 2.74. The highest BCUT2D eigenvalue weighted by molar-refractivity contribution is 5.98. The van der Waals surface area contributed by atoms with Gasteiger partial charge in [-0.2, -0.15) is 0 Å². The summed E-state index contributed by atoms with van der Waals surface area (Å²) in [6.07, 6.45) is 0.529. The Morgan fingerprint density at radius 2 is 1.92 bits per heavy atom. The number of aliphatic hydroxyl groups excluding tert-OH is 1. The van der Waals surface area contributed by atoms with Gasteiger partial charge < -0.3 is 20.4 Å². The molecule has 6 heteroatoms. The predicted molar refractivity (Wildman–Crippen MR) is 104 cm³/mol. The Kier molecular flexibility index (Phi) is 6.71. The Morgan fingerprint density at radius 1 is 1.23 bits per heavy atom. The first kappa shape index (κ1) is 19.9. The summed E-state index contributed by atoms with van der Waals surface area (Å²) in [5.41, 5.74) is 3.77. The molecule has 1 amide bonds. The lowest BCUT2D eigenvalue weighted by Gasteiger charge is -2.23. The summed E-state index contributed by atoms with van der Waals surface area (Å²) >= 11 is 0. The first-order chi connectivity index (χ1) is 12.3. The zero-order valence-electron chi connectivity index (χ0n) is 15.7. The van der Waals surface area contributed by atoms with Crippen LogP contribution in [0, 0.1) is 12.8 Å². The van der Waals surface area contributed by atoms with Crippen molar-refractivity contribution in [2.45, 2.75) is 33.5 Å². The van der Waals surface area contributed by atoms with Gasteiger partial charge in [-0.3, -0.25) is 4.79 Å². The monoisotopic (exact) mass is 357 g/mol. The summed E-state index contributed by atoms with van der Waals surface area (Å²) in [5, 5.41) is 21.0. The van der Waals surface area contributed by atoms with Crippen LogP contribution in [0.1, 0.15) is 25.8 Å². The van der Waals surface area contributed by atoms with E-state index < -0.39 is 6.29 Å². The molecule has 0 fully saturated rings. The molecule has 6 nitrogen and oxygen atoms in total. The van der Waals surface area contributed by atoms with Crippen molar-refractivity contribution in [3.63, 3.8) is 0 Å². The molecular formula is C20H27N3O3. The minimum atomic E-state index is -1.35. The maximum absolute atomic E-state index is 12.5. The topological polar surface area (TPSA) is 85.7 Å². The van der Waals surface area contributed by atoms with E-state index in [9.17, 15) is 4.79 Å². The number of amides is 1. The van der Waals surface area contributed by atoms with Crippen molar-refractivity contribution >= 4 is 17.4 Å². The number of carbonyl (C=O) groups excluding carboxylic acids is 1. The third-order valence-corrected chi connectivity index (χ3v) is 4.21. The molecule has 2 aromatic rings. The Balaban J connectivity index is 2.44. The van der Waals surface area contributed by atoms with Crippen LogP contribution in [0.4, 0.5) is 11.5 Å². The van der Waals surface area contributed by atoms with Crippen LogP contribution >= 0.6 is 0 Å². The van der Waals surface area contributed by atoms with Crippen molar-refractivity contribution in [2.75, 3.05) is 23.8 Å². The minimum Gasteiger partial charge on any atom is -0.370 e. The number of nitrogens with zero attached hydrogens (tertiary/aromatic N) is 2. The Labute approximate surface area is 154 Å². The van der Waals surface area contributed by atoms with Gasteiger partial charge in [0.25, 0.3) is 0 Å². The standard InChI is InChI=1S/C20H27N3O3/c1-13(2)20(26)23(4)17-12-22-18(21-10-9-19(24)25)11-16(17)15-8-6-5-7-14(15)3/h5-8,11-13,19,24-25H,9-10H2,1-4H3,(H,21,22). The first-order valence-electron chi connectivity index (χ1n) is 8.75. The second kappa shape index (κ2) is 8.78. The van der Waals surface area contributed by atoms with Crippen LogP contribution in [0.15, 0.2) is 36.5 Å². The molecule has 0 bridgehead atoms. The van der Waals surface area contributed by atoms with Crippen LogP contribution in [0.5, 0.6) is 0 Å². The lowest BCUT2D eigenvalue weighted by molar-refractivity contribution is -0.121. The van der Waals surface area contributed by atoms with Crippen LogP contribution in [-0.4, -0.2) is 41.0 Å². The molecule has 0 unspecified atom stereocenters. The molecule has 0 saturated heterocycles. The smallest absolute Gasteiger partial charge is 0.229 e. The normalized spacial score (nSPS) is 11.1. The maximum Gasteiger partial charge on any atom is 0.229 e. The van der Waals surface area contributed by atoms with Gasteiger partial charge >= 0.3 is 0 Å². The summed E-state index contributed by atoms with van der Waals surface area (Å²) < 4.78 is 0. The summed E-state index contributed by atoms with van der Waals surface area (Å²) in [4.78, 5) is 18.5. The van der Waals surface area contributed by atoms with Gasteiger partial charge in [-0.25, -0.2) is 4.98 Å². The summed E-state index contributed by atoms with van der Waals surface area (Å²) in [6, 6.07) is 9.88. The third-order valence-electron chi connectivity index (χ3n) is 4.21. The van der Waals surface area contributed by atoms with E-state index in [2.05, 4.69) is 10.3 Å². The lowest BCUT2D eigenvalue weighted by Crippen LogP contribution is -2.30. The molecule has 0 aliphatic carbocycles. The van der Waals surface area contributed by atoms with Crippen LogP contribution in [0.25, 0.3) is 11.1 Å². The molecule has 0 aliphatic heterocycles.